The monoisotopic (exact) mass is 506 g/mol. The van der Waals surface area contributed by atoms with E-state index in [0.717, 1.165) is 56.8 Å². The van der Waals surface area contributed by atoms with Crippen molar-refractivity contribution < 1.29 is 14.2 Å². The fourth-order valence-electron chi connectivity index (χ4n) is 4.25. The molecule has 0 aliphatic carbocycles. The van der Waals surface area contributed by atoms with Gasteiger partial charge < -0.3 is 14.2 Å². The molecule has 6 aromatic rings. The minimum Gasteiger partial charge on any atom is -0.457 e. The molecule has 0 spiro atoms. The van der Waals surface area contributed by atoms with E-state index >= 15 is 0 Å². The van der Waals surface area contributed by atoms with Crippen molar-refractivity contribution >= 4 is 0 Å². The highest BCUT2D eigenvalue weighted by Crippen LogP contribution is 2.31. The lowest BCUT2D eigenvalue weighted by molar-refractivity contribution is 0.482. The predicted molar refractivity (Wildman–Crippen MR) is 157 cm³/mol. The fourth-order valence-corrected chi connectivity index (χ4v) is 4.25. The van der Waals surface area contributed by atoms with Gasteiger partial charge in [-0.15, -0.1) is 0 Å². The van der Waals surface area contributed by atoms with E-state index in [-0.39, 0.29) is 0 Å². The second-order valence-corrected chi connectivity index (χ2v) is 9.03. The Morgan fingerprint density at radius 2 is 0.410 bits per heavy atom. The number of para-hydroxylation sites is 2. The van der Waals surface area contributed by atoms with E-state index in [9.17, 15) is 0 Å². The summed E-state index contributed by atoms with van der Waals surface area (Å²) in [5.41, 5.74) is 4.46. The van der Waals surface area contributed by atoms with E-state index < -0.39 is 0 Å². The van der Waals surface area contributed by atoms with Gasteiger partial charge in [0.25, 0.3) is 0 Å². The maximum atomic E-state index is 6.09. The Morgan fingerprint density at radius 3 is 0.641 bits per heavy atom. The van der Waals surface area contributed by atoms with E-state index in [1.54, 1.807) is 0 Å². The highest BCUT2D eigenvalue weighted by Gasteiger charge is 2.04. The van der Waals surface area contributed by atoms with Gasteiger partial charge in [0.15, 0.2) is 0 Å². The Labute approximate surface area is 228 Å². The van der Waals surface area contributed by atoms with E-state index in [0.29, 0.717) is 0 Å². The fraction of sp³-hybridized carbons (Fsp3) is 0. The number of benzene rings is 6. The van der Waals surface area contributed by atoms with Crippen molar-refractivity contribution in [3.8, 4) is 56.8 Å². The number of hydrogen-bond donors (Lipinski definition) is 0. The van der Waals surface area contributed by atoms with Crippen LogP contribution < -0.4 is 14.2 Å². The van der Waals surface area contributed by atoms with Crippen molar-refractivity contribution in [1.82, 2.24) is 0 Å². The summed E-state index contributed by atoms with van der Waals surface area (Å²) in [7, 11) is 0. The zero-order valence-electron chi connectivity index (χ0n) is 21.2. The van der Waals surface area contributed by atoms with Crippen LogP contribution in [-0.2, 0) is 0 Å². The van der Waals surface area contributed by atoms with Gasteiger partial charge in [0.05, 0.1) is 0 Å². The third-order valence-corrected chi connectivity index (χ3v) is 6.28. The lowest BCUT2D eigenvalue weighted by Crippen LogP contribution is -1.86. The lowest BCUT2D eigenvalue weighted by Gasteiger charge is -2.10. The maximum Gasteiger partial charge on any atom is 0.127 e. The first-order valence-corrected chi connectivity index (χ1v) is 12.8. The highest BCUT2D eigenvalue weighted by molar-refractivity contribution is 5.66. The van der Waals surface area contributed by atoms with Crippen LogP contribution in [0.5, 0.6) is 34.5 Å². The standard InChI is InChI=1S/C36H26O3/c1-3-7-31(8-4-1)37-33-19-11-27(12-20-33)29-15-23-35(24-16-29)39-36-25-17-30(18-26-36)28-13-21-34(22-14-28)38-32-9-5-2-6-10-32/h1-26H. The number of ether oxygens (including phenoxy) is 3. The summed E-state index contributed by atoms with van der Waals surface area (Å²) >= 11 is 0. The minimum atomic E-state index is 0.790. The molecule has 0 atom stereocenters. The van der Waals surface area contributed by atoms with Crippen molar-refractivity contribution in [3.05, 3.63) is 158 Å². The van der Waals surface area contributed by atoms with Gasteiger partial charge in [-0.3, -0.25) is 0 Å². The van der Waals surface area contributed by atoms with E-state index in [1.165, 1.54) is 0 Å². The molecule has 0 heterocycles. The molecule has 0 N–H and O–H groups in total. The molecule has 0 bridgehead atoms. The van der Waals surface area contributed by atoms with E-state index in [2.05, 4.69) is 48.5 Å². The molecule has 3 nitrogen and oxygen atoms in total. The van der Waals surface area contributed by atoms with Crippen LogP contribution in [0.1, 0.15) is 0 Å². The summed E-state index contributed by atoms with van der Waals surface area (Å²) in [4.78, 5) is 0. The van der Waals surface area contributed by atoms with Gasteiger partial charge in [-0.1, -0.05) is 84.9 Å². The van der Waals surface area contributed by atoms with Gasteiger partial charge in [-0.2, -0.15) is 0 Å². The second kappa shape index (κ2) is 11.4. The molecule has 0 unspecified atom stereocenters. The normalized spacial score (nSPS) is 10.6. The Balaban J connectivity index is 1.06. The quantitative estimate of drug-likeness (QED) is 0.205. The molecular weight excluding hydrogens is 480 g/mol. The van der Waals surface area contributed by atoms with Crippen LogP contribution in [0.3, 0.4) is 0 Å². The Morgan fingerprint density at radius 1 is 0.205 bits per heavy atom. The molecule has 0 saturated heterocycles. The van der Waals surface area contributed by atoms with E-state index in [1.807, 2.05) is 109 Å². The molecule has 0 fully saturated rings. The average Bonchev–Trinajstić information content (AvgIpc) is 3.00. The molecule has 39 heavy (non-hydrogen) atoms. The lowest BCUT2D eigenvalue weighted by atomic mass is 10.1. The van der Waals surface area contributed by atoms with Crippen LogP contribution in [0.15, 0.2) is 158 Å². The summed E-state index contributed by atoms with van der Waals surface area (Å²) in [6.45, 7) is 0. The van der Waals surface area contributed by atoms with Crippen LogP contribution in [0.25, 0.3) is 22.3 Å². The van der Waals surface area contributed by atoms with Gasteiger partial charge in [-0.05, 0) is 95.1 Å². The molecule has 0 amide bonds. The van der Waals surface area contributed by atoms with Gasteiger partial charge in [0.1, 0.15) is 34.5 Å². The molecule has 0 saturated carbocycles. The van der Waals surface area contributed by atoms with Gasteiger partial charge in [0, 0.05) is 0 Å². The van der Waals surface area contributed by atoms with Crippen molar-refractivity contribution in [3.63, 3.8) is 0 Å². The Kier molecular flexibility index (Phi) is 7.04. The second-order valence-electron chi connectivity index (χ2n) is 9.03. The molecule has 6 rings (SSSR count). The average molecular weight is 507 g/mol. The third kappa shape index (κ3) is 6.17. The van der Waals surface area contributed by atoms with E-state index in [4.69, 9.17) is 14.2 Å². The van der Waals surface area contributed by atoms with Crippen LogP contribution in [0.2, 0.25) is 0 Å². The Hall–Kier alpha value is -5.28. The van der Waals surface area contributed by atoms with Crippen molar-refractivity contribution in [2.45, 2.75) is 0 Å². The van der Waals surface area contributed by atoms with Crippen LogP contribution in [0.4, 0.5) is 0 Å². The first kappa shape index (κ1) is 24.1. The minimum absolute atomic E-state index is 0.790. The van der Waals surface area contributed by atoms with Crippen molar-refractivity contribution in [2.75, 3.05) is 0 Å². The van der Waals surface area contributed by atoms with Crippen molar-refractivity contribution in [2.24, 2.45) is 0 Å². The van der Waals surface area contributed by atoms with Crippen molar-refractivity contribution in [1.29, 1.82) is 0 Å². The molecule has 188 valence electrons. The summed E-state index contributed by atoms with van der Waals surface area (Å²) in [6, 6.07) is 52.0. The molecule has 6 aromatic carbocycles. The highest BCUT2D eigenvalue weighted by atomic mass is 16.5. The smallest absolute Gasteiger partial charge is 0.127 e. The first-order chi connectivity index (χ1) is 19.3. The Bertz CT molecular complexity index is 1480. The maximum absolute atomic E-state index is 6.09. The summed E-state index contributed by atoms with van der Waals surface area (Å²) < 4.78 is 17.9. The molecule has 0 aliphatic heterocycles. The number of hydrogen-bond acceptors (Lipinski definition) is 3. The zero-order chi connectivity index (χ0) is 26.3. The van der Waals surface area contributed by atoms with Gasteiger partial charge in [0.2, 0.25) is 0 Å². The largest absolute Gasteiger partial charge is 0.457 e. The summed E-state index contributed by atoms with van der Waals surface area (Å²) in [5.74, 6) is 4.85. The molecule has 0 aromatic heterocycles. The summed E-state index contributed by atoms with van der Waals surface area (Å²) in [6.07, 6.45) is 0. The van der Waals surface area contributed by atoms with Gasteiger partial charge >= 0.3 is 0 Å². The molecule has 0 radical (unpaired) electrons. The predicted octanol–water partition coefficient (Wildman–Crippen LogP) is 10.4. The topological polar surface area (TPSA) is 27.7 Å². The SMILES string of the molecule is c1ccc(Oc2ccc(-c3ccc(Oc4ccc(-c5ccc(Oc6ccccc6)cc5)cc4)cc3)cc2)cc1. The van der Waals surface area contributed by atoms with Gasteiger partial charge in [-0.25, -0.2) is 0 Å². The van der Waals surface area contributed by atoms with Crippen LogP contribution in [-0.4, -0.2) is 0 Å². The summed E-state index contributed by atoms with van der Waals surface area (Å²) in [5, 5.41) is 0. The van der Waals surface area contributed by atoms with Crippen LogP contribution in [0, 0.1) is 0 Å². The number of rotatable bonds is 8. The zero-order valence-corrected chi connectivity index (χ0v) is 21.2. The molecule has 3 heteroatoms. The van der Waals surface area contributed by atoms with Crippen LogP contribution >= 0.6 is 0 Å². The first-order valence-electron chi connectivity index (χ1n) is 12.8. The molecular formula is C36H26O3. The molecule has 0 aliphatic rings. The third-order valence-electron chi connectivity index (χ3n) is 6.28.